The summed E-state index contributed by atoms with van der Waals surface area (Å²) in [6, 6.07) is 17.1. The Morgan fingerprint density at radius 1 is 0.919 bits per heavy atom. The molecule has 3 fully saturated rings. The van der Waals surface area contributed by atoms with E-state index in [4.69, 9.17) is 17.3 Å². The minimum atomic E-state index is -0.611. The number of piperidine rings is 2. The topological polar surface area (TPSA) is 73.1 Å². The van der Waals surface area contributed by atoms with Crippen molar-refractivity contribution >= 4 is 29.1 Å². The monoisotopic (exact) mass is 523 g/mol. The normalized spacial score (nSPS) is 21.0. The predicted octanol–water partition coefficient (Wildman–Crippen LogP) is 3.36. The largest absolute Gasteiger partial charge is 0.341 e. The van der Waals surface area contributed by atoms with E-state index in [-0.39, 0.29) is 11.8 Å². The summed E-state index contributed by atoms with van der Waals surface area (Å²) in [5.74, 6) is 0.148. The van der Waals surface area contributed by atoms with E-state index in [2.05, 4.69) is 21.9 Å². The average molecular weight is 524 g/mol. The van der Waals surface area contributed by atoms with Crippen LogP contribution in [0.15, 0.2) is 54.6 Å². The van der Waals surface area contributed by atoms with Crippen molar-refractivity contribution in [1.29, 1.82) is 0 Å². The zero-order chi connectivity index (χ0) is 25.8. The number of hydrogen-bond acceptors (Lipinski definition) is 5. The Morgan fingerprint density at radius 3 is 2.27 bits per heavy atom. The first kappa shape index (κ1) is 26.0. The lowest BCUT2D eigenvalue weighted by Gasteiger charge is -2.43. The Balaban J connectivity index is 1.26. The third kappa shape index (κ3) is 5.64. The molecule has 3 aliphatic rings. The second-order valence-electron chi connectivity index (χ2n) is 10.7. The first-order valence-corrected chi connectivity index (χ1v) is 14.0. The number of halogens is 1. The maximum atomic E-state index is 13.9. The maximum Gasteiger partial charge on any atom is 0.250 e. The molecule has 3 heterocycles. The summed E-state index contributed by atoms with van der Waals surface area (Å²) in [6.45, 7) is 5.59. The Bertz CT molecular complexity index is 1070. The van der Waals surface area contributed by atoms with Crippen LogP contribution in [0.25, 0.3) is 0 Å². The Hall–Kier alpha value is -2.61. The molecular weight excluding hydrogens is 486 g/mol. The lowest BCUT2D eigenvalue weighted by atomic mass is 9.85. The van der Waals surface area contributed by atoms with Crippen molar-refractivity contribution in [2.75, 3.05) is 50.8 Å². The van der Waals surface area contributed by atoms with Crippen LogP contribution in [0.3, 0.4) is 0 Å². The van der Waals surface area contributed by atoms with Gasteiger partial charge in [-0.25, -0.2) is 0 Å². The van der Waals surface area contributed by atoms with Crippen molar-refractivity contribution in [2.45, 2.75) is 50.1 Å². The van der Waals surface area contributed by atoms with Crippen molar-refractivity contribution in [2.24, 2.45) is 5.73 Å². The Labute approximate surface area is 225 Å². The van der Waals surface area contributed by atoms with Crippen molar-refractivity contribution in [3.05, 3.63) is 65.2 Å². The van der Waals surface area contributed by atoms with Gasteiger partial charge in [-0.05, 0) is 75.0 Å². The fraction of sp³-hybridized carbons (Fsp3) is 0.517. The van der Waals surface area contributed by atoms with Crippen molar-refractivity contribution in [3.8, 4) is 0 Å². The molecule has 2 aromatic carbocycles. The molecule has 7 nitrogen and oxygen atoms in total. The smallest absolute Gasteiger partial charge is 0.250 e. The number of carbonyl (C=O) groups excluding carboxylic acids is 2. The number of likely N-dealkylation sites (tertiary alicyclic amines) is 2. The van der Waals surface area contributed by atoms with Crippen LogP contribution in [0, 0.1) is 0 Å². The molecule has 0 aliphatic carbocycles. The van der Waals surface area contributed by atoms with Gasteiger partial charge in [-0.15, -0.1) is 0 Å². The van der Waals surface area contributed by atoms with Crippen molar-refractivity contribution in [3.63, 3.8) is 0 Å². The first-order valence-electron chi connectivity index (χ1n) is 13.6. The molecular formula is C29H38ClN5O2. The van der Waals surface area contributed by atoms with Crippen LogP contribution in [-0.2, 0) is 16.0 Å². The van der Waals surface area contributed by atoms with Crippen LogP contribution in [0.4, 0.5) is 5.69 Å². The van der Waals surface area contributed by atoms with Gasteiger partial charge in [-0.1, -0.05) is 48.4 Å². The first-order chi connectivity index (χ1) is 18.0. The van der Waals surface area contributed by atoms with Gasteiger partial charge < -0.3 is 25.3 Å². The number of amides is 2. The van der Waals surface area contributed by atoms with Gasteiger partial charge in [0.1, 0.15) is 5.54 Å². The Morgan fingerprint density at radius 2 is 1.59 bits per heavy atom. The summed E-state index contributed by atoms with van der Waals surface area (Å²) in [7, 11) is 0. The highest BCUT2D eigenvalue weighted by Gasteiger charge is 2.54. The van der Waals surface area contributed by atoms with Crippen LogP contribution in [0.5, 0.6) is 0 Å². The molecule has 198 valence electrons. The van der Waals surface area contributed by atoms with Gasteiger partial charge in [0.05, 0.1) is 12.7 Å². The molecule has 2 N–H and O–H groups in total. The van der Waals surface area contributed by atoms with E-state index in [9.17, 15) is 9.59 Å². The highest BCUT2D eigenvalue weighted by atomic mass is 35.5. The molecule has 1 atom stereocenters. The van der Waals surface area contributed by atoms with Crippen LogP contribution >= 0.6 is 11.6 Å². The lowest BCUT2D eigenvalue weighted by molar-refractivity contribution is -0.139. The molecule has 1 spiro atoms. The number of nitrogens with zero attached hydrogens (tertiary/aromatic N) is 4. The molecule has 0 saturated carbocycles. The number of benzene rings is 2. The molecule has 2 aromatic rings. The van der Waals surface area contributed by atoms with Gasteiger partial charge >= 0.3 is 0 Å². The van der Waals surface area contributed by atoms with Gasteiger partial charge in [-0.3, -0.25) is 9.59 Å². The minimum Gasteiger partial charge on any atom is -0.341 e. The van der Waals surface area contributed by atoms with E-state index in [1.165, 1.54) is 19.3 Å². The number of para-hydroxylation sites is 1. The zero-order valence-corrected chi connectivity index (χ0v) is 22.3. The maximum absolute atomic E-state index is 13.9. The fourth-order valence-corrected chi connectivity index (χ4v) is 6.24. The van der Waals surface area contributed by atoms with Gasteiger partial charge in [0.2, 0.25) is 11.8 Å². The fourth-order valence-electron chi connectivity index (χ4n) is 6.11. The summed E-state index contributed by atoms with van der Waals surface area (Å²) in [5.41, 5.74) is 7.77. The van der Waals surface area contributed by atoms with Crippen LogP contribution < -0.4 is 10.6 Å². The highest BCUT2D eigenvalue weighted by Crippen LogP contribution is 2.39. The van der Waals surface area contributed by atoms with Gasteiger partial charge in [0.15, 0.2) is 0 Å². The van der Waals surface area contributed by atoms with Gasteiger partial charge in [0, 0.05) is 36.9 Å². The third-order valence-electron chi connectivity index (χ3n) is 8.31. The van der Waals surface area contributed by atoms with Crippen molar-refractivity contribution < 1.29 is 9.59 Å². The predicted molar refractivity (Wildman–Crippen MR) is 147 cm³/mol. The minimum absolute atomic E-state index is 0.0524. The van der Waals surface area contributed by atoms with E-state index in [1.54, 1.807) is 0 Å². The number of carbonyl (C=O) groups is 2. The van der Waals surface area contributed by atoms with E-state index in [0.717, 1.165) is 37.4 Å². The van der Waals surface area contributed by atoms with Gasteiger partial charge in [-0.2, -0.15) is 0 Å². The van der Waals surface area contributed by atoms with E-state index in [1.807, 2.05) is 52.3 Å². The molecule has 0 radical (unpaired) electrons. The quantitative estimate of drug-likeness (QED) is 0.602. The van der Waals surface area contributed by atoms with Gasteiger partial charge in [0.25, 0.3) is 0 Å². The molecule has 37 heavy (non-hydrogen) atoms. The molecule has 0 aromatic heterocycles. The van der Waals surface area contributed by atoms with Crippen molar-refractivity contribution in [1.82, 2.24) is 14.7 Å². The van der Waals surface area contributed by atoms with E-state index in [0.29, 0.717) is 44.0 Å². The second-order valence-corrected chi connectivity index (χ2v) is 11.1. The summed E-state index contributed by atoms with van der Waals surface area (Å²) >= 11 is 5.99. The summed E-state index contributed by atoms with van der Waals surface area (Å²) < 4.78 is 0. The van der Waals surface area contributed by atoms with E-state index < -0.39 is 11.6 Å². The van der Waals surface area contributed by atoms with E-state index >= 15 is 0 Å². The summed E-state index contributed by atoms with van der Waals surface area (Å²) in [4.78, 5) is 35.8. The van der Waals surface area contributed by atoms with Crippen LogP contribution in [-0.4, -0.2) is 84.0 Å². The van der Waals surface area contributed by atoms with Crippen LogP contribution in [0.2, 0.25) is 5.02 Å². The third-order valence-corrected chi connectivity index (χ3v) is 8.56. The summed E-state index contributed by atoms with van der Waals surface area (Å²) in [5, 5.41) is 0.666. The summed E-state index contributed by atoms with van der Waals surface area (Å²) in [6.07, 6.45) is 5.50. The SMILES string of the molecule is N[C@H](Cc1ccc(Cl)cc1)C(=O)N1CCC2(CC1)C(=O)N(CCN1CCCCC1)CN2c1ccccc1. The molecule has 3 aliphatic heterocycles. The average Bonchev–Trinajstić information content (AvgIpc) is 3.20. The molecule has 2 amide bonds. The lowest BCUT2D eigenvalue weighted by Crippen LogP contribution is -2.59. The molecule has 3 saturated heterocycles. The Kier molecular flexibility index (Phi) is 8.03. The zero-order valence-electron chi connectivity index (χ0n) is 21.5. The number of nitrogens with two attached hydrogens (primary N) is 1. The number of anilines is 1. The molecule has 5 rings (SSSR count). The number of hydrogen-bond donors (Lipinski definition) is 1. The number of rotatable bonds is 7. The standard InChI is InChI=1S/C29H38ClN5O2/c30-24-11-9-23(10-12-24)21-26(31)27(36)33-17-13-29(14-18-33)28(37)34(20-19-32-15-5-2-6-16-32)22-35(29)25-7-3-1-4-8-25/h1,3-4,7-12,26H,2,5-6,13-22,31H2/t26-/m1/s1. The van der Waals surface area contributed by atoms with Crippen LogP contribution in [0.1, 0.15) is 37.7 Å². The second kappa shape index (κ2) is 11.4. The molecule has 0 unspecified atom stereocenters. The molecule has 0 bridgehead atoms. The highest BCUT2D eigenvalue weighted by molar-refractivity contribution is 6.30. The molecule has 8 heteroatoms.